The predicted molar refractivity (Wildman–Crippen MR) is 109 cm³/mol. The minimum Gasteiger partial charge on any atom is -0.350 e. The summed E-state index contributed by atoms with van der Waals surface area (Å²) in [5.74, 6) is -0.0328. The van der Waals surface area contributed by atoms with E-state index in [9.17, 15) is 13.2 Å². The van der Waals surface area contributed by atoms with E-state index in [1.54, 1.807) is 24.3 Å². The van der Waals surface area contributed by atoms with E-state index in [-0.39, 0.29) is 22.9 Å². The Morgan fingerprint density at radius 3 is 2.52 bits per heavy atom. The molecule has 1 amide bonds. The Morgan fingerprint density at radius 2 is 1.89 bits per heavy atom. The molecule has 0 bridgehead atoms. The molecule has 144 valence electrons. The molecule has 1 atom stereocenters. The number of carbonyl (C=O) groups excluding carboxylic acids is 1. The summed E-state index contributed by atoms with van der Waals surface area (Å²) in [6.07, 6.45) is 2.73. The molecule has 1 saturated carbocycles. The van der Waals surface area contributed by atoms with Crippen LogP contribution in [0.2, 0.25) is 0 Å². The van der Waals surface area contributed by atoms with E-state index >= 15 is 0 Å². The lowest BCUT2D eigenvalue weighted by Gasteiger charge is -2.14. The van der Waals surface area contributed by atoms with Gasteiger partial charge < -0.3 is 5.32 Å². The zero-order valence-corrected chi connectivity index (χ0v) is 17.5. The number of nitrogens with one attached hydrogen (secondary N) is 2. The molecule has 2 N–H and O–H groups in total. The molecule has 27 heavy (non-hydrogen) atoms. The lowest BCUT2D eigenvalue weighted by molar-refractivity contribution is -0.121. The van der Waals surface area contributed by atoms with E-state index in [1.165, 1.54) is 0 Å². The van der Waals surface area contributed by atoms with Crippen molar-refractivity contribution >= 4 is 31.9 Å². The van der Waals surface area contributed by atoms with Crippen LogP contribution in [0.15, 0.2) is 57.9 Å². The van der Waals surface area contributed by atoms with E-state index in [4.69, 9.17) is 0 Å². The van der Waals surface area contributed by atoms with Gasteiger partial charge in [-0.15, -0.1) is 0 Å². The Balaban J connectivity index is 1.51. The highest BCUT2D eigenvalue weighted by atomic mass is 79.9. The molecule has 5 nitrogen and oxygen atoms in total. The SMILES string of the molecule is C[C@H](NC(=O)CCc1ccc(S(=O)(=O)NC2CC2)cc1)c1cccc(Br)c1. The van der Waals surface area contributed by atoms with Crippen LogP contribution in [0, 0.1) is 0 Å². The summed E-state index contributed by atoms with van der Waals surface area (Å²) >= 11 is 3.43. The van der Waals surface area contributed by atoms with Crippen LogP contribution in [0.4, 0.5) is 0 Å². The summed E-state index contributed by atoms with van der Waals surface area (Å²) in [5.41, 5.74) is 1.97. The highest BCUT2D eigenvalue weighted by molar-refractivity contribution is 9.10. The number of amides is 1. The molecule has 0 heterocycles. The first kappa shape index (κ1) is 20.0. The lowest BCUT2D eigenvalue weighted by atomic mass is 10.1. The van der Waals surface area contributed by atoms with Gasteiger partial charge in [-0.1, -0.05) is 40.2 Å². The molecular weight excluding hydrogens is 428 g/mol. The van der Waals surface area contributed by atoms with Crippen LogP contribution >= 0.6 is 15.9 Å². The maximum absolute atomic E-state index is 12.2. The first-order valence-electron chi connectivity index (χ1n) is 8.99. The maximum atomic E-state index is 12.2. The minimum atomic E-state index is -3.43. The van der Waals surface area contributed by atoms with Gasteiger partial charge in [-0.25, -0.2) is 13.1 Å². The third kappa shape index (κ3) is 5.89. The Kier molecular flexibility index (Phi) is 6.34. The van der Waals surface area contributed by atoms with Crippen LogP contribution in [-0.2, 0) is 21.2 Å². The van der Waals surface area contributed by atoms with Crippen molar-refractivity contribution in [2.24, 2.45) is 0 Å². The average Bonchev–Trinajstić information content (AvgIpc) is 3.43. The third-order valence-electron chi connectivity index (χ3n) is 4.50. The van der Waals surface area contributed by atoms with Gasteiger partial charge in [0.15, 0.2) is 0 Å². The fraction of sp³-hybridized carbons (Fsp3) is 0.350. The van der Waals surface area contributed by atoms with Gasteiger partial charge in [0.2, 0.25) is 15.9 Å². The highest BCUT2D eigenvalue weighted by Crippen LogP contribution is 2.22. The fourth-order valence-electron chi connectivity index (χ4n) is 2.75. The molecule has 0 spiro atoms. The number of aryl methyl sites for hydroxylation is 1. The van der Waals surface area contributed by atoms with Crippen molar-refractivity contribution in [1.29, 1.82) is 0 Å². The van der Waals surface area contributed by atoms with Gasteiger partial charge in [0.05, 0.1) is 10.9 Å². The zero-order chi connectivity index (χ0) is 19.4. The van der Waals surface area contributed by atoms with Crippen molar-refractivity contribution in [1.82, 2.24) is 10.0 Å². The Labute approximate surface area is 168 Å². The van der Waals surface area contributed by atoms with Gasteiger partial charge >= 0.3 is 0 Å². The number of halogens is 1. The first-order valence-corrected chi connectivity index (χ1v) is 11.3. The quantitative estimate of drug-likeness (QED) is 0.643. The van der Waals surface area contributed by atoms with Gasteiger partial charge in [0.25, 0.3) is 0 Å². The molecule has 2 aromatic carbocycles. The van der Waals surface area contributed by atoms with Crippen LogP contribution in [0.1, 0.15) is 43.4 Å². The molecule has 1 aliphatic carbocycles. The Morgan fingerprint density at radius 1 is 1.19 bits per heavy atom. The smallest absolute Gasteiger partial charge is 0.240 e. The summed E-state index contributed by atoms with van der Waals surface area (Å²) in [6, 6.07) is 14.6. The summed E-state index contributed by atoms with van der Waals surface area (Å²) in [5, 5.41) is 2.99. The first-order chi connectivity index (χ1) is 12.8. The number of rotatable bonds is 8. The molecular formula is C20H23BrN2O3S. The summed E-state index contributed by atoms with van der Waals surface area (Å²) < 4.78 is 28.0. The van der Waals surface area contributed by atoms with Crippen LogP contribution in [0.3, 0.4) is 0 Å². The van der Waals surface area contributed by atoms with E-state index in [0.29, 0.717) is 12.8 Å². The Hall–Kier alpha value is -1.70. The van der Waals surface area contributed by atoms with E-state index in [1.807, 2.05) is 31.2 Å². The molecule has 0 aliphatic heterocycles. The van der Waals surface area contributed by atoms with E-state index in [2.05, 4.69) is 26.0 Å². The minimum absolute atomic E-state index is 0.0328. The van der Waals surface area contributed by atoms with Crippen molar-refractivity contribution in [3.05, 3.63) is 64.1 Å². The van der Waals surface area contributed by atoms with Gasteiger partial charge in [-0.2, -0.15) is 0 Å². The van der Waals surface area contributed by atoms with Crippen LogP contribution < -0.4 is 10.0 Å². The van der Waals surface area contributed by atoms with E-state index < -0.39 is 10.0 Å². The lowest BCUT2D eigenvalue weighted by Crippen LogP contribution is -2.27. The van der Waals surface area contributed by atoms with Crippen molar-refractivity contribution in [3.8, 4) is 0 Å². The normalized spacial score (nSPS) is 15.3. The molecule has 1 aliphatic rings. The summed E-state index contributed by atoms with van der Waals surface area (Å²) in [6.45, 7) is 1.95. The summed E-state index contributed by atoms with van der Waals surface area (Å²) in [7, 11) is -3.43. The van der Waals surface area contributed by atoms with Gasteiger partial charge in [0, 0.05) is 16.9 Å². The molecule has 0 unspecified atom stereocenters. The predicted octanol–water partition coefficient (Wildman–Crippen LogP) is 3.70. The molecule has 0 radical (unpaired) electrons. The topological polar surface area (TPSA) is 75.3 Å². The summed E-state index contributed by atoms with van der Waals surface area (Å²) in [4.78, 5) is 12.5. The van der Waals surface area contributed by atoms with Gasteiger partial charge in [-0.3, -0.25) is 4.79 Å². The second-order valence-electron chi connectivity index (χ2n) is 6.88. The van der Waals surface area contributed by atoms with Crippen molar-refractivity contribution in [3.63, 3.8) is 0 Å². The molecule has 1 fully saturated rings. The van der Waals surface area contributed by atoms with Crippen LogP contribution in [0.5, 0.6) is 0 Å². The number of benzene rings is 2. The standard InChI is InChI=1S/C20H23BrN2O3S/c1-14(16-3-2-4-17(21)13-16)22-20(24)12-7-15-5-10-19(11-6-15)27(25,26)23-18-8-9-18/h2-6,10-11,13-14,18,23H,7-9,12H2,1H3,(H,22,24)/t14-/m0/s1. The second-order valence-corrected chi connectivity index (χ2v) is 9.51. The maximum Gasteiger partial charge on any atom is 0.240 e. The number of hydrogen-bond donors (Lipinski definition) is 2. The van der Waals surface area contributed by atoms with Crippen LogP contribution in [0.25, 0.3) is 0 Å². The van der Waals surface area contributed by atoms with Gasteiger partial charge in [-0.05, 0) is 61.6 Å². The molecule has 7 heteroatoms. The zero-order valence-electron chi connectivity index (χ0n) is 15.1. The number of hydrogen-bond acceptors (Lipinski definition) is 3. The molecule has 0 aromatic heterocycles. The van der Waals surface area contributed by atoms with Gasteiger partial charge in [0.1, 0.15) is 0 Å². The third-order valence-corrected chi connectivity index (χ3v) is 6.53. The Bertz CT molecular complexity index is 909. The molecule has 2 aromatic rings. The van der Waals surface area contributed by atoms with E-state index in [0.717, 1.165) is 28.4 Å². The monoisotopic (exact) mass is 450 g/mol. The highest BCUT2D eigenvalue weighted by Gasteiger charge is 2.27. The van der Waals surface area contributed by atoms with Crippen LogP contribution in [-0.4, -0.2) is 20.4 Å². The van der Waals surface area contributed by atoms with Crippen molar-refractivity contribution < 1.29 is 13.2 Å². The largest absolute Gasteiger partial charge is 0.350 e. The molecule has 0 saturated heterocycles. The van der Waals surface area contributed by atoms with Crippen molar-refractivity contribution in [2.45, 2.75) is 49.6 Å². The number of carbonyl (C=O) groups is 1. The molecule has 3 rings (SSSR count). The average molecular weight is 451 g/mol. The second kappa shape index (κ2) is 8.54. The fourth-order valence-corrected chi connectivity index (χ4v) is 4.48. The number of sulfonamides is 1. The van der Waals surface area contributed by atoms with Crippen molar-refractivity contribution in [2.75, 3.05) is 0 Å².